The van der Waals surface area contributed by atoms with Gasteiger partial charge in [-0.3, -0.25) is 9.78 Å². The van der Waals surface area contributed by atoms with Gasteiger partial charge in [-0.15, -0.1) is 0 Å². The molecule has 4 nitrogen and oxygen atoms in total. The average molecular weight is 425 g/mol. The number of aromatic nitrogens is 1. The fraction of sp³-hybridized carbons (Fsp3) is 0.182. The Labute approximate surface area is 167 Å². The number of halogens is 1. The number of nitrogens with zero attached hydrogens (tertiary/aromatic N) is 1. The fourth-order valence-corrected chi connectivity index (χ4v) is 3.00. The summed E-state index contributed by atoms with van der Waals surface area (Å²) in [5.41, 5.74) is 4.34. The maximum atomic E-state index is 12.5. The maximum absolute atomic E-state index is 12.5. The Morgan fingerprint density at radius 3 is 2.52 bits per heavy atom. The van der Waals surface area contributed by atoms with Gasteiger partial charge in [-0.1, -0.05) is 40.2 Å². The Morgan fingerprint density at radius 2 is 1.85 bits per heavy atom. The highest BCUT2D eigenvalue weighted by molar-refractivity contribution is 9.10. The highest BCUT2D eigenvalue weighted by Crippen LogP contribution is 2.24. The Balaban J connectivity index is 1.75. The van der Waals surface area contributed by atoms with E-state index in [0.717, 1.165) is 15.6 Å². The first-order valence-corrected chi connectivity index (χ1v) is 9.47. The third-order valence-electron chi connectivity index (χ3n) is 4.37. The monoisotopic (exact) mass is 424 g/mol. The van der Waals surface area contributed by atoms with Crippen molar-refractivity contribution in [3.05, 3.63) is 93.7 Å². The van der Waals surface area contributed by atoms with Gasteiger partial charge in [0.1, 0.15) is 5.75 Å². The van der Waals surface area contributed by atoms with Gasteiger partial charge < -0.3 is 10.1 Å². The molecule has 0 saturated heterocycles. The summed E-state index contributed by atoms with van der Waals surface area (Å²) < 4.78 is 6.55. The van der Waals surface area contributed by atoms with E-state index in [1.165, 1.54) is 11.1 Å². The van der Waals surface area contributed by atoms with Crippen molar-refractivity contribution in [2.45, 2.75) is 19.9 Å². The van der Waals surface area contributed by atoms with Crippen LogP contribution in [0.2, 0.25) is 0 Å². The van der Waals surface area contributed by atoms with E-state index in [-0.39, 0.29) is 18.6 Å². The van der Waals surface area contributed by atoms with Crippen LogP contribution in [-0.2, 0) is 4.79 Å². The molecule has 1 atom stereocenters. The molecular weight excluding hydrogens is 404 g/mol. The zero-order valence-corrected chi connectivity index (χ0v) is 16.9. The van der Waals surface area contributed by atoms with Gasteiger partial charge in [-0.05, 0) is 66.4 Å². The normalized spacial score (nSPS) is 11.7. The number of aryl methyl sites for hydroxylation is 2. The highest BCUT2D eigenvalue weighted by atomic mass is 79.9. The second-order valence-corrected chi connectivity index (χ2v) is 7.29. The van der Waals surface area contributed by atoms with Gasteiger partial charge in [0.05, 0.1) is 6.04 Å². The number of amides is 1. The van der Waals surface area contributed by atoms with Crippen molar-refractivity contribution in [1.82, 2.24) is 10.3 Å². The predicted molar refractivity (Wildman–Crippen MR) is 110 cm³/mol. The van der Waals surface area contributed by atoms with Gasteiger partial charge >= 0.3 is 0 Å². The van der Waals surface area contributed by atoms with Crippen molar-refractivity contribution in [3.8, 4) is 5.75 Å². The average Bonchev–Trinajstić information content (AvgIpc) is 2.68. The van der Waals surface area contributed by atoms with Gasteiger partial charge in [0.2, 0.25) is 0 Å². The second-order valence-electron chi connectivity index (χ2n) is 6.37. The molecule has 0 aliphatic carbocycles. The minimum atomic E-state index is -0.279. The summed E-state index contributed by atoms with van der Waals surface area (Å²) in [6.07, 6.45) is 3.50. The Bertz CT molecular complexity index is 911. The van der Waals surface area contributed by atoms with Crippen LogP contribution in [0.25, 0.3) is 0 Å². The molecule has 1 aromatic heterocycles. The van der Waals surface area contributed by atoms with Gasteiger partial charge in [0, 0.05) is 16.9 Å². The lowest BCUT2D eigenvalue weighted by molar-refractivity contribution is -0.123. The lowest BCUT2D eigenvalue weighted by Gasteiger charge is -2.20. The van der Waals surface area contributed by atoms with Crippen molar-refractivity contribution < 1.29 is 9.53 Å². The third kappa shape index (κ3) is 5.17. The quantitative estimate of drug-likeness (QED) is 0.621. The molecule has 3 aromatic rings. The summed E-state index contributed by atoms with van der Waals surface area (Å²) >= 11 is 3.38. The van der Waals surface area contributed by atoms with Crippen LogP contribution in [-0.4, -0.2) is 17.5 Å². The van der Waals surface area contributed by atoms with Gasteiger partial charge in [-0.25, -0.2) is 0 Å². The predicted octanol–water partition coefficient (Wildman–Crippen LogP) is 4.75. The lowest BCUT2D eigenvalue weighted by atomic mass is 9.96. The molecule has 2 aromatic carbocycles. The molecule has 0 radical (unpaired) electrons. The molecule has 0 fully saturated rings. The molecule has 1 N–H and O–H groups in total. The number of pyridine rings is 1. The Hall–Kier alpha value is -2.66. The number of ether oxygens (including phenoxy) is 1. The molecule has 1 unspecified atom stereocenters. The van der Waals surface area contributed by atoms with Gasteiger partial charge in [0.25, 0.3) is 5.91 Å². The van der Waals surface area contributed by atoms with Crippen LogP contribution in [0.4, 0.5) is 0 Å². The summed E-state index contributed by atoms with van der Waals surface area (Å²) in [5, 5.41) is 3.06. The zero-order chi connectivity index (χ0) is 19.2. The molecule has 3 rings (SSSR count). The molecule has 0 aliphatic heterocycles. The minimum absolute atomic E-state index is 0.0523. The van der Waals surface area contributed by atoms with Crippen molar-refractivity contribution in [2.24, 2.45) is 0 Å². The first-order valence-electron chi connectivity index (χ1n) is 8.68. The topological polar surface area (TPSA) is 51.2 Å². The molecule has 0 spiro atoms. The van der Waals surface area contributed by atoms with Crippen molar-refractivity contribution in [3.63, 3.8) is 0 Å². The van der Waals surface area contributed by atoms with E-state index in [2.05, 4.69) is 52.2 Å². The van der Waals surface area contributed by atoms with Crippen LogP contribution in [0, 0.1) is 13.8 Å². The van der Waals surface area contributed by atoms with E-state index in [9.17, 15) is 4.79 Å². The SMILES string of the molecule is Cc1ccc(C(NC(=O)COc2ccc(Br)cc2)c2cccnc2)cc1C. The number of carbonyl (C=O) groups is 1. The third-order valence-corrected chi connectivity index (χ3v) is 4.90. The van der Waals surface area contributed by atoms with Crippen LogP contribution in [0.1, 0.15) is 28.3 Å². The summed E-state index contributed by atoms with van der Waals surface area (Å²) in [7, 11) is 0. The number of rotatable bonds is 6. The van der Waals surface area contributed by atoms with Gasteiger partial charge in [-0.2, -0.15) is 0 Å². The van der Waals surface area contributed by atoms with Crippen LogP contribution >= 0.6 is 15.9 Å². The molecule has 0 bridgehead atoms. The van der Waals surface area contributed by atoms with Crippen molar-refractivity contribution in [2.75, 3.05) is 6.61 Å². The second kappa shape index (κ2) is 8.82. The number of hydrogen-bond acceptors (Lipinski definition) is 3. The van der Waals surface area contributed by atoms with Crippen LogP contribution < -0.4 is 10.1 Å². The molecule has 1 amide bonds. The summed E-state index contributed by atoms with van der Waals surface area (Å²) in [6, 6.07) is 17.1. The maximum Gasteiger partial charge on any atom is 0.258 e. The fourth-order valence-electron chi connectivity index (χ4n) is 2.73. The number of benzene rings is 2. The minimum Gasteiger partial charge on any atom is -0.484 e. The number of carbonyl (C=O) groups excluding carboxylic acids is 1. The van der Waals surface area contributed by atoms with E-state index in [4.69, 9.17) is 4.74 Å². The number of nitrogens with one attached hydrogen (secondary N) is 1. The molecule has 27 heavy (non-hydrogen) atoms. The molecule has 0 saturated carbocycles. The van der Waals surface area contributed by atoms with E-state index in [1.807, 2.05) is 42.5 Å². The summed E-state index contributed by atoms with van der Waals surface area (Å²) in [6.45, 7) is 4.09. The van der Waals surface area contributed by atoms with E-state index >= 15 is 0 Å². The molecule has 138 valence electrons. The van der Waals surface area contributed by atoms with E-state index < -0.39 is 0 Å². The zero-order valence-electron chi connectivity index (χ0n) is 15.3. The van der Waals surface area contributed by atoms with Crippen LogP contribution in [0.3, 0.4) is 0 Å². The van der Waals surface area contributed by atoms with Gasteiger partial charge in [0.15, 0.2) is 6.61 Å². The summed E-state index contributed by atoms with van der Waals surface area (Å²) in [5.74, 6) is 0.461. The van der Waals surface area contributed by atoms with E-state index in [0.29, 0.717) is 5.75 Å². The standard InChI is InChI=1S/C22H21BrN2O2/c1-15-5-6-17(12-16(15)2)22(18-4-3-11-24-13-18)25-21(26)14-27-20-9-7-19(23)8-10-20/h3-13,22H,14H2,1-2H3,(H,25,26). The first-order chi connectivity index (χ1) is 13.0. The first kappa shape index (κ1) is 19.1. The highest BCUT2D eigenvalue weighted by Gasteiger charge is 2.18. The lowest BCUT2D eigenvalue weighted by Crippen LogP contribution is -2.33. The number of hydrogen-bond donors (Lipinski definition) is 1. The Morgan fingerprint density at radius 1 is 1.07 bits per heavy atom. The van der Waals surface area contributed by atoms with Crippen molar-refractivity contribution in [1.29, 1.82) is 0 Å². The largest absolute Gasteiger partial charge is 0.484 e. The molecule has 5 heteroatoms. The molecular formula is C22H21BrN2O2. The smallest absolute Gasteiger partial charge is 0.258 e. The summed E-state index contributed by atoms with van der Waals surface area (Å²) in [4.78, 5) is 16.7. The van der Waals surface area contributed by atoms with Crippen LogP contribution in [0.15, 0.2) is 71.5 Å². The van der Waals surface area contributed by atoms with E-state index in [1.54, 1.807) is 12.4 Å². The van der Waals surface area contributed by atoms with Crippen molar-refractivity contribution >= 4 is 21.8 Å². The molecule has 0 aliphatic rings. The molecule has 1 heterocycles. The van der Waals surface area contributed by atoms with Crippen LogP contribution in [0.5, 0.6) is 5.75 Å². The Kier molecular flexibility index (Phi) is 6.24.